The van der Waals surface area contributed by atoms with Gasteiger partial charge in [0.2, 0.25) is 0 Å². The predicted molar refractivity (Wildman–Crippen MR) is 123 cm³/mol. The second kappa shape index (κ2) is 9.67. The van der Waals surface area contributed by atoms with Crippen LogP contribution in [0.15, 0.2) is 76.1 Å². The summed E-state index contributed by atoms with van der Waals surface area (Å²) in [4.78, 5) is 26.7. The molecule has 32 heavy (non-hydrogen) atoms. The van der Waals surface area contributed by atoms with E-state index in [4.69, 9.17) is 4.74 Å². The quantitative estimate of drug-likeness (QED) is 0.349. The second-order valence-electron chi connectivity index (χ2n) is 6.99. The van der Waals surface area contributed by atoms with Crippen molar-refractivity contribution >= 4 is 44.9 Å². The minimum Gasteiger partial charge on any atom is -0.488 e. The number of nitrogens with zero attached hydrogens (tertiary/aromatic N) is 1. The van der Waals surface area contributed by atoms with Gasteiger partial charge in [-0.05, 0) is 71.4 Å². The SMILES string of the molecule is O=C1S/C(=C\c2cc(Br)ccc2OCc2ccc(F)cc2)C(=O)N1Cc1ccc(F)cc1. The molecular weight excluding hydrogens is 500 g/mol. The van der Waals surface area contributed by atoms with Gasteiger partial charge in [0.1, 0.15) is 24.0 Å². The van der Waals surface area contributed by atoms with E-state index in [1.54, 1.807) is 36.4 Å². The van der Waals surface area contributed by atoms with Crippen LogP contribution >= 0.6 is 27.7 Å². The Labute approximate surface area is 196 Å². The van der Waals surface area contributed by atoms with Crippen molar-refractivity contribution in [3.05, 3.63) is 104 Å². The molecule has 0 bridgehead atoms. The molecule has 8 heteroatoms. The lowest BCUT2D eigenvalue weighted by Crippen LogP contribution is -2.27. The number of thioether (sulfide) groups is 1. The van der Waals surface area contributed by atoms with Crippen LogP contribution in [0.2, 0.25) is 0 Å². The van der Waals surface area contributed by atoms with Crippen LogP contribution < -0.4 is 4.74 Å². The number of ether oxygens (including phenoxy) is 1. The molecule has 3 aromatic rings. The van der Waals surface area contributed by atoms with Crippen molar-refractivity contribution in [2.45, 2.75) is 13.2 Å². The molecule has 1 saturated heterocycles. The number of amides is 2. The largest absolute Gasteiger partial charge is 0.488 e. The summed E-state index contributed by atoms with van der Waals surface area (Å²) in [5.74, 6) is -0.614. The average Bonchev–Trinajstić information content (AvgIpc) is 3.03. The van der Waals surface area contributed by atoms with Crippen molar-refractivity contribution in [1.82, 2.24) is 4.90 Å². The van der Waals surface area contributed by atoms with E-state index in [-0.39, 0.29) is 29.7 Å². The van der Waals surface area contributed by atoms with Gasteiger partial charge < -0.3 is 4.74 Å². The van der Waals surface area contributed by atoms with Crippen molar-refractivity contribution in [2.75, 3.05) is 0 Å². The summed E-state index contributed by atoms with van der Waals surface area (Å²) in [6.45, 7) is 0.281. The Kier molecular flexibility index (Phi) is 6.72. The molecule has 2 amide bonds. The van der Waals surface area contributed by atoms with Gasteiger partial charge in [-0.2, -0.15) is 0 Å². The molecule has 4 nitrogen and oxygen atoms in total. The van der Waals surface area contributed by atoms with Gasteiger partial charge in [-0.15, -0.1) is 0 Å². The summed E-state index contributed by atoms with van der Waals surface area (Å²) >= 11 is 4.25. The minimum atomic E-state index is -0.422. The van der Waals surface area contributed by atoms with E-state index < -0.39 is 11.1 Å². The molecule has 1 heterocycles. The van der Waals surface area contributed by atoms with E-state index in [9.17, 15) is 18.4 Å². The van der Waals surface area contributed by atoms with E-state index in [1.165, 1.54) is 36.4 Å². The summed E-state index contributed by atoms with van der Waals surface area (Å²) in [5, 5.41) is -0.394. The molecule has 4 rings (SSSR count). The first-order chi connectivity index (χ1) is 15.4. The lowest BCUT2D eigenvalue weighted by atomic mass is 10.1. The van der Waals surface area contributed by atoms with Crippen molar-refractivity contribution in [3.8, 4) is 5.75 Å². The predicted octanol–water partition coefficient (Wildman–Crippen LogP) is 6.54. The normalized spacial score (nSPS) is 15.0. The fourth-order valence-corrected chi connectivity index (χ4v) is 4.26. The summed E-state index contributed by atoms with van der Waals surface area (Å²) in [6, 6.07) is 17.0. The van der Waals surface area contributed by atoms with Crippen LogP contribution in [-0.4, -0.2) is 16.0 Å². The van der Waals surface area contributed by atoms with Crippen LogP contribution in [0, 0.1) is 11.6 Å². The molecule has 1 fully saturated rings. The van der Waals surface area contributed by atoms with Crippen molar-refractivity contribution in [2.24, 2.45) is 0 Å². The van der Waals surface area contributed by atoms with Crippen LogP contribution in [-0.2, 0) is 17.9 Å². The Balaban J connectivity index is 1.54. The molecule has 3 aromatic carbocycles. The Hall–Kier alpha value is -2.97. The third kappa shape index (κ3) is 5.26. The Bertz CT molecular complexity index is 1200. The van der Waals surface area contributed by atoms with Gasteiger partial charge in [-0.1, -0.05) is 40.2 Å². The maximum atomic E-state index is 13.1. The minimum absolute atomic E-state index is 0.0642. The third-order valence-corrected chi connectivity index (χ3v) is 6.09. The van der Waals surface area contributed by atoms with Gasteiger partial charge in [-0.3, -0.25) is 14.5 Å². The van der Waals surface area contributed by atoms with Crippen LogP contribution in [0.25, 0.3) is 6.08 Å². The number of carbonyl (C=O) groups is 2. The standard InChI is InChI=1S/C24H16BrF2NO3S/c25-18-5-10-21(31-14-16-3-8-20(27)9-4-16)17(11-18)12-22-23(29)28(24(30)32-22)13-15-1-6-19(26)7-2-15/h1-12H,13-14H2/b22-12-. The zero-order valence-corrected chi connectivity index (χ0v) is 19.0. The van der Waals surface area contributed by atoms with Gasteiger partial charge >= 0.3 is 0 Å². The highest BCUT2D eigenvalue weighted by atomic mass is 79.9. The second-order valence-corrected chi connectivity index (χ2v) is 8.90. The first-order valence-corrected chi connectivity index (χ1v) is 11.2. The molecular formula is C24H16BrF2NO3S. The van der Waals surface area contributed by atoms with Crippen molar-refractivity contribution < 1.29 is 23.1 Å². The molecule has 1 aliphatic rings. The smallest absolute Gasteiger partial charge is 0.293 e. The number of hydrogen-bond donors (Lipinski definition) is 0. The lowest BCUT2D eigenvalue weighted by Gasteiger charge is -2.12. The highest BCUT2D eigenvalue weighted by molar-refractivity contribution is 9.10. The number of carbonyl (C=O) groups excluding carboxylic acids is 2. The highest BCUT2D eigenvalue weighted by Crippen LogP contribution is 2.35. The third-order valence-electron chi connectivity index (χ3n) is 4.69. The summed E-state index contributed by atoms with van der Waals surface area (Å²) in [7, 11) is 0. The van der Waals surface area contributed by atoms with Gasteiger partial charge in [0, 0.05) is 10.0 Å². The fourth-order valence-electron chi connectivity index (χ4n) is 3.06. The monoisotopic (exact) mass is 515 g/mol. The van der Waals surface area contributed by atoms with Gasteiger partial charge in [-0.25, -0.2) is 8.78 Å². The lowest BCUT2D eigenvalue weighted by molar-refractivity contribution is -0.123. The van der Waals surface area contributed by atoms with E-state index >= 15 is 0 Å². The summed E-state index contributed by atoms with van der Waals surface area (Å²) in [5.41, 5.74) is 2.06. The molecule has 0 N–H and O–H groups in total. The molecule has 0 aromatic heterocycles. The van der Waals surface area contributed by atoms with Crippen LogP contribution in [0.3, 0.4) is 0 Å². The molecule has 162 valence electrons. The number of hydrogen-bond acceptors (Lipinski definition) is 4. The molecule has 0 aliphatic carbocycles. The topological polar surface area (TPSA) is 46.6 Å². The summed E-state index contributed by atoms with van der Waals surface area (Å²) < 4.78 is 32.9. The highest BCUT2D eigenvalue weighted by Gasteiger charge is 2.35. The summed E-state index contributed by atoms with van der Waals surface area (Å²) in [6.07, 6.45) is 1.61. The molecule has 0 atom stereocenters. The first-order valence-electron chi connectivity index (χ1n) is 9.55. The molecule has 0 spiro atoms. The number of halogens is 3. The molecule has 0 saturated carbocycles. The number of benzene rings is 3. The van der Waals surface area contributed by atoms with Crippen molar-refractivity contribution in [1.29, 1.82) is 0 Å². The van der Waals surface area contributed by atoms with Crippen LogP contribution in [0.5, 0.6) is 5.75 Å². The van der Waals surface area contributed by atoms with Crippen LogP contribution in [0.4, 0.5) is 13.6 Å². The zero-order valence-electron chi connectivity index (χ0n) is 16.6. The number of rotatable bonds is 6. The Morgan fingerprint density at radius 1 is 0.906 bits per heavy atom. The van der Waals surface area contributed by atoms with Gasteiger partial charge in [0.25, 0.3) is 11.1 Å². The van der Waals surface area contributed by atoms with Gasteiger partial charge in [0.05, 0.1) is 11.4 Å². The molecule has 0 radical (unpaired) electrons. The average molecular weight is 516 g/mol. The van der Waals surface area contributed by atoms with E-state index in [2.05, 4.69) is 15.9 Å². The molecule has 0 unspecified atom stereocenters. The van der Waals surface area contributed by atoms with E-state index in [0.29, 0.717) is 16.9 Å². The number of imide groups is 1. The van der Waals surface area contributed by atoms with E-state index in [1.807, 2.05) is 0 Å². The Morgan fingerprint density at radius 2 is 1.53 bits per heavy atom. The Morgan fingerprint density at radius 3 is 2.19 bits per heavy atom. The van der Waals surface area contributed by atoms with Gasteiger partial charge in [0.15, 0.2) is 0 Å². The van der Waals surface area contributed by atoms with Crippen molar-refractivity contribution in [3.63, 3.8) is 0 Å². The first kappa shape index (κ1) is 22.2. The fraction of sp³-hybridized carbons (Fsp3) is 0.0833. The van der Waals surface area contributed by atoms with E-state index in [0.717, 1.165) is 26.7 Å². The maximum Gasteiger partial charge on any atom is 0.293 e. The maximum absolute atomic E-state index is 13.1. The zero-order chi connectivity index (χ0) is 22.7. The van der Waals surface area contributed by atoms with Crippen LogP contribution in [0.1, 0.15) is 16.7 Å². The molecule has 1 aliphatic heterocycles.